The summed E-state index contributed by atoms with van der Waals surface area (Å²) in [5, 5.41) is 14.3. The standard InChI is InChI=1S/C28H33N7O2S2.C2H6/c1-18(2)23(17-36)25-14-26(33-37-25)34-9-11-35(12-10-34)39-30-16-21(15-29)27-19(3)22-13-24(31-32-28(22)38-27)20-7-5-4-6-8-20;1-2/h5,7-8,13-18,23H,4,6,9-12,29H2,1-3H3;1-2H3/b21-15+,30-16+;. The average molecular weight is 594 g/mol. The minimum atomic E-state index is -0.271. The van der Waals surface area contributed by atoms with Crippen molar-refractivity contribution in [1.82, 2.24) is 19.7 Å². The third-order valence-electron chi connectivity index (χ3n) is 7.06. The molecule has 1 saturated heterocycles. The van der Waals surface area contributed by atoms with E-state index in [1.807, 2.05) is 40.0 Å². The van der Waals surface area contributed by atoms with Gasteiger partial charge < -0.3 is 20.0 Å². The minimum Gasteiger partial charge on any atom is -0.404 e. The van der Waals surface area contributed by atoms with Crippen molar-refractivity contribution in [2.75, 3.05) is 31.1 Å². The number of hydrogen-bond acceptors (Lipinski definition) is 11. The number of fused-ring (bicyclic) bond motifs is 1. The number of carbonyl (C=O) groups is 1. The van der Waals surface area contributed by atoms with E-state index in [0.717, 1.165) is 88.6 Å². The molecule has 1 unspecified atom stereocenters. The van der Waals surface area contributed by atoms with Crippen LogP contribution in [0.4, 0.5) is 5.82 Å². The Morgan fingerprint density at radius 2 is 1.95 bits per heavy atom. The Kier molecular flexibility index (Phi) is 10.9. The number of piperazine rings is 1. The van der Waals surface area contributed by atoms with Crippen LogP contribution in [0.2, 0.25) is 0 Å². The highest BCUT2D eigenvalue weighted by Gasteiger charge is 2.24. The summed E-state index contributed by atoms with van der Waals surface area (Å²) in [5.41, 5.74) is 10.1. The van der Waals surface area contributed by atoms with E-state index in [1.165, 1.54) is 12.1 Å². The second-order valence-electron chi connectivity index (χ2n) is 9.99. The molecule has 9 nitrogen and oxygen atoms in total. The molecule has 41 heavy (non-hydrogen) atoms. The zero-order valence-electron chi connectivity index (χ0n) is 24.4. The fourth-order valence-corrected chi connectivity index (χ4v) is 6.42. The van der Waals surface area contributed by atoms with Crippen molar-refractivity contribution in [3.05, 3.63) is 58.5 Å². The molecule has 2 N–H and O–H groups in total. The van der Waals surface area contributed by atoms with Crippen LogP contribution in [-0.4, -0.2) is 58.3 Å². The number of aldehydes is 1. The van der Waals surface area contributed by atoms with Crippen molar-refractivity contribution >= 4 is 63.2 Å². The predicted molar refractivity (Wildman–Crippen MR) is 172 cm³/mol. The molecular weight excluding hydrogens is 555 g/mol. The van der Waals surface area contributed by atoms with E-state index < -0.39 is 0 Å². The van der Waals surface area contributed by atoms with Gasteiger partial charge in [0.05, 0.1) is 23.7 Å². The summed E-state index contributed by atoms with van der Waals surface area (Å²) in [5.74, 6) is 1.30. The van der Waals surface area contributed by atoms with Gasteiger partial charge >= 0.3 is 0 Å². The van der Waals surface area contributed by atoms with Gasteiger partial charge in [-0.15, -0.1) is 21.5 Å². The number of nitrogens with zero attached hydrogens (tertiary/aromatic N) is 6. The lowest BCUT2D eigenvalue weighted by Crippen LogP contribution is -2.43. The van der Waals surface area contributed by atoms with Gasteiger partial charge in [-0.05, 0) is 42.9 Å². The number of carbonyl (C=O) groups excluding carboxylic acids is 1. The summed E-state index contributed by atoms with van der Waals surface area (Å²) in [7, 11) is 0. The first-order chi connectivity index (χ1) is 20.0. The molecule has 1 aliphatic carbocycles. The van der Waals surface area contributed by atoms with Crippen LogP contribution >= 0.6 is 23.5 Å². The fraction of sp³-hybridized carbons (Fsp3) is 0.433. The van der Waals surface area contributed by atoms with Crippen molar-refractivity contribution in [3.8, 4) is 0 Å². The van der Waals surface area contributed by atoms with Gasteiger partial charge in [-0.2, -0.15) is 0 Å². The monoisotopic (exact) mass is 593 g/mol. The topological polar surface area (TPSA) is 114 Å². The van der Waals surface area contributed by atoms with Gasteiger partial charge in [-0.25, -0.2) is 8.70 Å². The van der Waals surface area contributed by atoms with Gasteiger partial charge in [-0.1, -0.05) is 51.1 Å². The van der Waals surface area contributed by atoms with Crippen LogP contribution in [0.1, 0.15) is 68.3 Å². The number of anilines is 1. The molecule has 1 atom stereocenters. The Morgan fingerprint density at radius 1 is 1.17 bits per heavy atom. The molecule has 0 radical (unpaired) electrons. The number of rotatable bonds is 9. The van der Waals surface area contributed by atoms with Crippen LogP contribution in [0.15, 0.2) is 45.5 Å². The molecular formula is C30H39N7O2S2. The van der Waals surface area contributed by atoms with Gasteiger partial charge in [0.15, 0.2) is 5.82 Å². The highest BCUT2D eigenvalue weighted by Crippen LogP contribution is 2.35. The molecule has 0 bridgehead atoms. The lowest BCUT2D eigenvalue weighted by Gasteiger charge is -2.32. The molecule has 218 valence electrons. The first-order valence-electron chi connectivity index (χ1n) is 14.2. The smallest absolute Gasteiger partial charge is 0.172 e. The van der Waals surface area contributed by atoms with Crippen molar-refractivity contribution < 1.29 is 9.32 Å². The van der Waals surface area contributed by atoms with E-state index in [2.05, 4.69) is 60.2 Å². The molecule has 1 fully saturated rings. The van der Waals surface area contributed by atoms with Gasteiger partial charge in [-0.3, -0.25) is 0 Å². The third-order valence-corrected chi connectivity index (χ3v) is 9.10. The maximum absolute atomic E-state index is 11.4. The molecule has 3 aromatic rings. The SMILES string of the molecule is CC.Cc1c(C(/C=N/SN2CCN(c3cc(C(C=O)C(C)C)on3)CC2)=C/N)sc2nnc(C3=CCCC=C3)cc12. The molecule has 3 aromatic heterocycles. The molecule has 2 aliphatic rings. The minimum absolute atomic E-state index is 0.167. The Balaban J connectivity index is 0.00000189. The van der Waals surface area contributed by atoms with E-state index >= 15 is 0 Å². The highest BCUT2D eigenvalue weighted by atomic mass is 32.2. The van der Waals surface area contributed by atoms with Crippen molar-refractivity contribution in [2.24, 2.45) is 16.0 Å². The third kappa shape index (κ3) is 7.14. The Labute approximate surface area is 250 Å². The van der Waals surface area contributed by atoms with Crippen LogP contribution < -0.4 is 10.6 Å². The number of aromatic nitrogens is 3. The molecule has 0 saturated carbocycles. The van der Waals surface area contributed by atoms with E-state index in [4.69, 9.17) is 10.3 Å². The van der Waals surface area contributed by atoms with Crippen LogP contribution in [0.3, 0.4) is 0 Å². The van der Waals surface area contributed by atoms with Gasteiger partial charge in [0.1, 0.15) is 16.9 Å². The van der Waals surface area contributed by atoms with Crippen LogP contribution in [0, 0.1) is 12.8 Å². The summed E-state index contributed by atoms with van der Waals surface area (Å²) >= 11 is 3.02. The van der Waals surface area contributed by atoms with Gasteiger partial charge in [0.25, 0.3) is 0 Å². The number of thiophene rings is 1. The molecule has 4 heterocycles. The molecule has 0 aromatic carbocycles. The average Bonchev–Trinajstić information content (AvgIpc) is 3.62. The Morgan fingerprint density at radius 3 is 2.61 bits per heavy atom. The second-order valence-corrected chi connectivity index (χ2v) is 11.9. The Bertz CT molecular complexity index is 1450. The van der Waals surface area contributed by atoms with Gasteiger partial charge in [0, 0.05) is 60.5 Å². The quantitative estimate of drug-likeness (QED) is 0.170. The zero-order valence-corrected chi connectivity index (χ0v) is 26.0. The van der Waals surface area contributed by atoms with Crippen molar-refractivity contribution in [3.63, 3.8) is 0 Å². The summed E-state index contributed by atoms with van der Waals surface area (Å²) < 4.78 is 12.3. The van der Waals surface area contributed by atoms with E-state index in [9.17, 15) is 4.79 Å². The fourth-order valence-electron chi connectivity index (χ4n) is 4.70. The lowest BCUT2D eigenvalue weighted by atomic mass is 9.95. The summed E-state index contributed by atoms with van der Waals surface area (Å²) in [6, 6.07) is 4.01. The molecule has 11 heteroatoms. The first kappa shape index (κ1) is 30.7. The summed E-state index contributed by atoms with van der Waals surface area (Å²) in [4.78, 5) is 15.6. The number of allylic oxidation sites excluding steroid dienone is 5. The molecule has 0 spiro atoms. The number of nitrogens with two attached hydrogens (primary N) is 1. The summed E-state index contributed by atoms with van der Waals surface area (Å²) in [6.07, 6.45) is 13.0. The molecule has 0 amide bonds. The van der Waals surface area contributed by atoms with E-state index in [0.29, 0.717) is 5.76 Å². The zero-order chi connectivity index (χ0) is 29.4. The Hall–Kier alpha value is -3.28. The second kappa shape index (κ2) is 14.6. The van der Waals surface area contributed by atoms with Crippen LogP contribution in [0.25, 0.3) is 21.4 Å². The van der Waals surface area contributed by atoms with Crippen LogP contribution in [0.5, 0.6) is 0 Å². The number of hydrogen-bond donors (Lipinski definition) is 1. The normalized spacial score (nSPS) is 17.2. The summed E-state index contributed by atoms with van der Waals surface area (Å²) in [6.45, 7) is 13.3. The maximum Gasteiger partial charge on any atom is 0.172 e. The predicted octanol–water partition coefficient (Wildman–Crippen LogP) is 6.44. The van der Waals surface area contributed by atoms with Crippen LogP contribution in [-0.2, 0) is 4.79 Å². The maximum atomic E-state index is 11.4. The van der Waals surface area contributed by atoms with Crippen molar-refractivity contribution in [2.45, 2.75) is 53.4 Å². The highest BCUT2D eigenvalue weighted by molar-refractivity contribution is 7.95. The number of aryl methyl sites for hydroxylation is 1. The largest absolute Gasteiger partial charge is 0.404 e. The van der Waals surface area contributed by atoms with E-state index in [-0.39, 0.29) is 11.8 Å². The lowest BCUT2D eigenvalue weighted by molar-refractivity contribution is -0.110. The molecule has 1 aliphatic heterocycles. The van der Waals surface area contributed by atoms with Gasteiger partial charge in [0.2, 0.25) is 0 Å². The van der Waals surface area contributed by atoms with E-state index in [1.54, 1.807) is 17.5 Å². The first-order valence-corrected chi connectivity index (χ1v) is 15.7. The van der Waals surface area contributed by atoms with Crippen molar-refractivity contribution in [1.29, 1.82) is 0 Å². The molecule has 5 rings (SSSR count).